The van der Waals surface area contributed by atoms with Crippen LogP contribution in [0.25, 0.3) is 0 Å². The normalized spacial score (nSPS) is 17.0. The Labute approximate surface area is 168 Å². The molecule has 0 aromatic heterocycles. The highest BCUT2D eigenvalue weighted by molar-refractivity contribution is 6.34. The predicted molar refractivity (Wildman–Crippen MR) is 107 cm³/mol. The van der Waals surface area contributed by atoms with E-state index in [2.05, 4.69) is 10.2 Å². The Morgan fingerprint density at radius 2 is 2.07 bits per heavy atom. The molecule has 0 bridgehead atoms. The minimum Gasteiger partial charge on any atom is -0.489 e. The highest BCUT2D eigenvalue weighted by Gasteiger charge is 2.25. The Morgan fingerprint density at radius 3 is 2.82 bits per heavy atom. The first kappa shape index (κ1) is 18.9. The van der Waals surface area contributed by atoms with Gasteiger partial charge in [-0.05, 0) is 55.5 Å². The van der Waals surface area contributed by atoms with E-state index in [4.69, 9.17) is 21.1 Å². The summed E-state index contributed by atoms with van der Waals surface area (Å²) >= 11 is 6.14. The van der Waals surface area contributed by atoms with Gasteiger partial charge in [-0.15, -0.1) is 0 Å². The minimum absolute atomic E-state index is 0.0514. The first-order valence-corrected chi connectivity index (χ1v) is 9.78. The number of ether oxygens (including phenoxy) is 2. The van der Waals surface area contributed by atoms with E-state index in [1.165, 1.54) is 0 Å². The number of fused-ring (bicyclic) bond motifs is 1. The molecular weight excluding hydrogens is 383 g/mol. The Kier molecular flexibility index (Phi) is 5.31. The third kappa shape index (κ3) is 3.87. The molecule has 0 spiro atoms. The van der Waals surface area contributed by atoms with Crippen LogP contribution in [0.15, 0.2) is 30.3 Å². The van der Waals surface area contributed by atoms with E-state index in [0.717, 1.165) is 31.5 Å². The Hall–Kier alpha value is -2.47. The Balaban J connectivity index is 1.36. The SMILES string of the molecule is Cc1ccc(N2CCC(COc3ccc(Cl)c4c3OCC(=O)N4)CC2)c(F)c1. The van der Waals surface area contributed by atoms with E-state index in [0.29, 0.717) is 40.4 Å². The van der Waals surface area contributed by atoms with Crippen LogP contribution in [0.2, 0.25) is 5.02 Å². The van der Waals surface area contributed by atoms with Crippen molar-refractivity contribution < 1.29 is 18.7 Å². The molecule has 0 radical (unpaired) electrons. The van der Waals surface area contributed by atoms with Gasteiger partial charge in [-0.25, -0.2) is 4.39 Å². The van der Waals surface area contributed by atoms with Gasteiger partial charge in [0.05, 0.1) is 17.3 Å². The van der Waals surface area contributed by atoms with Crippen LogP contribution in [0.1, 0.15) is 18.4 Å². The summed E-state index contributed by atoms with van der Waals surface area (Å²) < 4.78 is 25.7. The fourth-order valence-electron chi connectivity index (χ4n) is 3.64. The van der Waals surface area contributed by atoms with Crippen molar-refractivity contribution >= 4 is 28.9 Å². The van der Waals surface area contributed by atoms with Crippen molar-refractivity contribution in [2.45, 2.75) is 19.8 Å². The van der Waals surface area contributed by atoms with E-state index in [9.17, 15) is 9.18 Å². The smallest absolute Gasteiger partial charge is 0.262 e. The van der Waals surface area contributed by atoms with Crippen LogP contribution in [0.4, 0.5) is 15.8 Å². The molecule has 0 unspecified atom stereocenters. The third-order valence-electron chi connectivity index (χ3n) is 5.22. The third-order valence-corrected chi connectivity index (χ3v) is 5.53. The van der Waals surface area contributed by atoms with Gasteiger partial charge in [0.2, 0.25) is 0 Å². The molecule has 0 aliphatic carbocycles. The summed E-state index contributed by atoms with van der Waals surface area (Å²) in [6.45, 7) is 3.96. The second-order valence-corrected chi connectivity index (χ2v) is 7.69. The second-order valence-electron chi connectivity index (χ2n) is 7.28. The van der Waals surface area contributed by atoms with Crippen molar-refractivity contribution in [2.24, 2.45) is 5.92 Å². The largest absolute Gasteiger partial charge is 0.489 e. The molecule has 4 rings (SSSR count). The number of anilines is 2. The average molecular weight is 405 g/mol. The number of nitrogens with zero attached hydrogens (tertiary/aromatic N) is 1. The average Bonchev–Trinajstić information content (AvgIpc) is 2.68. The molecule has 2 aromatic carbocycles. The highest BCUT2D eigenvalue weighted by Crippen LogP contribution is 2.42. The fourth-order valence-corrected chi connectivity index (χ4v) is 3.84. The molecule has 1 fully saturated rings. The lowest BCUT2D eigenvalue weighted by molar-refractivity contribution is -0.118. The maximum atomic E-state index is 14.2. The zero-order valence-corrected chi connectivity index (χ0v) is 16.4. The van der Waals surface area contributed by atoms with Gasteiger partial charge >= 0.3 is 0 Å². The van der Waals surface area contributed by atoms with E-state index in [1.54, 1.807) is 18.2 Å². The van der Waals surface area contributed by atoms with Crippen LogP contribution in [0, 0.1) is 18.7 Å². The zero-order valence-electron chi connectivity index (χ0n) is 15.6. The number of hydrogen-bond acceptors (Lipinski definition) is 4. The molecule has 2 aliphatic heterocycles. The van der Waals surface area contributed by atoms with Gasteiger partial charge < -0.3 is 19.7 Å². The number of amides is 1. The van der Waals surface area contributed by atoms with Crippen LogP contribution in [-0.4, -0.2) is 32.2 Å². The van der Waals surface area contributed by atoms with E-state index in [1.807, 2.05) is 19.1 Å². The molecule has 2 heterocycles. The summed E-state index contributed by atoms with van der Waals surface area (Å²) in [7, 11) is 0. The summed E-state index contributed by atoms with van der Waals surface area (Å²) in [5.74, 6) is 1.02. The van der Waals surface area contributed by atoms with Gasteiger partial charge in [0.1, 0.15) is 11.5 Å². The monoisotopic (exact) mass is 404 g/mol. The maximum absolute atomic E-state index is 14.2. The van der Waals surface area contributed by atoms with Crippen molar-refractivity contribution in [1.82, 2.24) is 0 Å². The van der Waals surface area contributed by atoms with Crippen molar-refractivity contribution in [3.05, 3.63) is 46.7 Å². The minimum atomic E-state index is -0.234. The van der Waals surface area contributed by atoms with Crippen LogP contribution in [0.3, 0.4) is 0 Å². The van der Waals surface area contributed by atoms with Crippen molar-refractivity contribution in [1.29, 1.82) is 0 Å². The molecule has 2 aliphatic rings. The maximum Gasteiger partial charge on any atom is 0.262 e. The molecule has 0 atom stereocenters. The molecule has 1 saturated heterocycles. The second kappa shape index (κ2) is 7.87. The van der Waals surface area contributed by atoms with Crippen LogP contribution < -0.4 is 19.7 Å². The van der Waals surface area contributed by atoms with Crippen molar-refractivity contribution in [2.75, 3.05) is 36.5 Å². The van der Waals surface area contributed by atoms with Crippen molar-refractivity contribution in [3.63, 3.8) is 0 Å². The van der Waals surface area contributed by atoms with Gasteiger partial charge in [-0.1, -0.05) is 17.7 Å². The summed E-state index contributed by atoms with van der Waals surface area (Å²) in [6, 6.07) is 8.82. The summed E-state index contributed by atoms with van der Waals surface area (Å²) in [5, 5.41) is 3.14. The lowest BCUT2D eigenvalue weighted by Crippen LogP contribution is -2.36. The summed E-state index contributed by atoms with van der Waals surface area (Å²) in [6.07, 6.45) is 1.83. The lowest BCUT2D eigenvalue weighted by Gasteiger charge is -2.34. The standard InChI is InChI=1S/C21H22ClFN2O3/c1-13-2-4-17(16(23)10-13)25-8-6-14(7-9-25)11-27-18-5-3-15(22)20-21(18)28-12-19(26)24-20/h2-5,10,14H,6-9,11-12H2,1H3,(H,24,26). The molecule has 1 N–H and O–H groups in total. The topological polar surface area (TPSA) is 50.8 Å². The lowest BCUT2D eigenvalue weighted by atomic mass is 9.97. The number of hydrogen-bond donors (Lipinski definition) is 1. The van der Waals surface area contributed by atoms with E-state index >= 15 is 0 Å². The summed E-state index contributed by atoms with van der Waals surface area (Å²) in [4.78, 5) is 13.6. The molecule has 28 heavy (non-hydrogen) atoms. The van der Waals surface area contributed by atoms with Crippen molar-refractivity contribution in [3.8, 4) is 11.5 Å². The van der Waals surface area contributed by atoms with Crippen LogP contribution in [-0.2, 0) is 4.79 Å². The molecule has 2 aromatic rings. The van der Waals surface area contributed by atoms with Gasteiger partial charge in [0.25, 0.3) is 5.91 Å². The molecule has 1 amide bonds. The number of carbonyl (C=O) groups is 1. The van der Waals surface area contributed by atoms with E-state index in [-0.39, 0.29) is 18.3 Å². The first-order chi connectivity index (χ1) is 13.5. The van der Waals surface area contributed by atoms with Gasteiger partial charge in [0.15, 0.2) is 18.1 Å². The number of rotatable bonds is 4. The fraction of sp³-hybridized carbons (Fsp3) is 0.381. The van der Waals surface area contributed by atoms with Gasteiger partial charge in [-0.2, -0.15) is 0 Å². The first-order valence-electron chi connectivity index (χ1n) is 9.40. The highest BCUT2D eigenvalue weighted by atomic mass is 35.5. The number of piperidine rings is 1. The van der Waals surface area contributed by atoms with Crippen LogP contribution in [0.5, 0.6) is 11.5 Å². The van der Waals surface area contributed by atoms with Crippen LogP contribution >= 0.6 is 11.6 Å². The van der Waals surface area contributed by atoms with Gasteiger partial charge in [0, 0.05) is 13.1 Å². The Morgan fingerprint density at radius 1 is 1.29 bits per heavy atom. The molecule has 7 heteroatoms. The molecular formula is C21H22ClFN2O3. The summed E-state index contributed by atoms with van der Waals surface area (Å²) in [5.41, 5.74) is 2.05. The predicted octanol–water partition coefficient (Wildman–Crippen LogP) is 4.41. The molecule has 148 valence electrons. The molecule has 5 nitrogen and oxygen atoms in total. The Bertz CT molecular complexity index is 897. The van der Waals surface area contributed by atoms with E-state index < -0.39 is 0 Å². The number of benzene rings is 2. The zero-order chi connectivity index (χ0) is 19.7. The van der Waals surface area contributed by atoms with Gasteiger partial charge in [-0.3, -0.25) is 4.79 Å². The molecule has 0 saturated carbocycles. The number of halogens is 2. The number of aryl methyl sites for hydroxylation is 1. The quantitative estimate of drug-likeness (QED) is 0.819. The number of carbonyl (C=O) groups excluding carboxylic acids is 1. The number of nitrogens with one attached hydrogen (secondary N) is 1.